The Kier molecular flexibility index (Phi) is 4.45. The molecule has 1 saturated heterocycles. The Bertz CT molecular complexity index is 230. The Morgan fingerprint density at radius 2 is 1.76 bits per heavy atom. The molecule has 0 aromatic heterocycles. The highest BCUT2D eigenvalue weighted by molar-refractivity contribution is 4.95. The van der Waals surface area contributed by atoms with Crippen LogP contribution in [0.15, 0.2) is 0 Å². The van der Waals surface area contributed by atoms with E-state index in [0.717, 1.165) is 44.6 Å². The van der Waals surface area contributed by atoms with Crippen LogP contribution in [0.5, 0.6) is 0 Å². The van der Waals surface area contributed by atoms with Gasteiger partial charge in [-0.1, -0.05) is 6.92 Å². The van der Waals surface area contributed by atoms with Crippen LogP contribution in [0.25, 0.3) is 0 Å². The molecule has 1 aliphatic carbocycles. The van der Waals surface area contributed by atoms with E-state index in [1.165, 1.54) is 25.7 Å². The molecule has 0 atom stereocenters. The van der Waals surface area contributed by atoms with Gasteiger partial charge in [-0.3, -0.25) is 4.90 Å². The molecule has 17 heavy (non-hydrogen) atoms. The third kappa shape index (κ3) is 2.83. The minimum absolute atomic E-state index is 0.212. The van der Waals surface area contributed by atoms with Crippen molar-refractivity contribution < 1.29 is 4.74 Å². The van der Waals surface area contributed by atoms with Crippen LogP contribution in [0.2, 0.25) is 0 Å². The molecule has 2 rings (SSSR count). The second-order valence-corrected chi connectivity index (χ2v) is 6.07. The van der Waals surface area contributed by atoms with Crippen molar-refractivity contribution in [2.24, 2.45) is 11.7 Å². The molecule has 2 N–H and O–H groups in total. The summed E-state index contributed by atoms with van der Waals surface area (Å²) in [7, 11) is 2.29. The molecule has 100 valence electrons. The van der Waals surface area contributed by atoms with Gasteiger partial charge >= 0.3 is 0 Å². The van der Waals surface area contributed by atoms with Gasteiger partial charge in [-0.05, 0) is 51.5 Å². The number of rotatable bonds is 3. The van der Waals surface area contributed by atoms with E-state index < -0.39 is 0 Å². The Hall–Kier alpha value is -0.120. The number of hydrogen-bond acceptors (Lipinski definition) is 3. The lowest BCUT2D eigenvalue weighted by molar-refractivity contribution is -0.0386. The summed E-state index contributed by atoms with van der Waals surface area (Å²) in [4.78, 5) is 2.60. The summed E-state index contributed by atoms with van der Waals surface area (Å²) < 4.78 is 5.50. The van der Waals surface area contributed by atoms with Crippen LogP contribution in [-0.4, -0.2) is 43.3 Å². The average molecular weight is 240 g/mol. The van der Waals surface area contributed by atoms with E-state index in [1.807, 2.05) is 0 Å². The van der Waals surface area contributed by atoms with E-state index in [2.05, 4.69) is 18.9 Å². The minimum Gasteiger partial charge on any atom is -0.381 e. The van der Waals surface area contributed by atoms with E-state index in [1.54, 1.807) is 0 Å². The molecule has 0 bridgehead atoms. The van der Waals surface area contributed by atoms with Gasteiger partial charge in [0, 0.05) is 31.3 Å². The van der Waals surface area contributed by atoms with Crippen LogP contribution in [0.3, 0.4) is 0 Å². The number of nitrogens with two attached hydrogens (primary N) is 1. The summed E-state index contributed by atoms with van der Waals surface area (Å²) in [6.07, 6.45) is 7.66. The van der Waals surface area contributed by atoms with Gasteiger partial charge in [0.05, 0.1) is 0 Å². The number of likely N-dealkylation sites (N-methyl/N-ethyl adjacent to an activating group) is 1. The van der Waals surface area contributed by atoms with Crippen LogP contribution >= 0.6 is 0 Å². The molecule has 3 nitrogen and oxygen atoms in total. The predicted octanol–water partition coefficient (Wildman–Crippen LogP) is 2.00. The van der Waals surface area contributed by atoms with Crippen LogP contribution in [0.1, 0.15) is 45.4 Å². The maximum absolute atomic E-state index is 6.08. The molecule has 0 aromatic carbocycles. The Morgan fingerprint density at radius 3 is 2.29 bits per heavy atom. The summed E-state index contributed by atoms with van der Waals surface area (Å²) >= 11 is 0. The second kappa shape index (κ2) is 5.68. The summed E-state index contributed by atoms with van der Waals surface area (Å²) in [5, 5.41) is 0. The van der Waals surface area contributed by atoms with Gasteiger partial charge in [0.1, 0.15) is 0 Å². The Balaban J connectivity index is 1.98. The monoisotopic (exact) mass is 240 g/mol. The van der Waals surface area contributed by atoms with Crippen LogP contribution in [-0.2, 0) is 4.74 Å². The fourth-order valence-electron chi connectivity index (χ4n) is 3.47. The second-order valence-electron chi connectivity index (χ2n) is 6.07. The van der Waals surface area contributed by atoms with E-state index in [0.29, 0.717) is 0 Å². The largest absolute Gasteiger partial charge is 0.381 e. The Labute approximate surface area is 106 Å². The minimum atomic E-state index is 0.212. The van der Waals surface area contributed by atoms with Crippen molar-refractivity contribution in [1.29, 1.82) is 0 Å². The van der Waals surface area contributed by atoms with Gasteiger partial charge in [0.15, 0.2) is 0 Å². The van der Waals surface area contributed by atoms with Crippen molar-refractivity contribution in [2.45, 2.75) is 57.0 Å². The molecule has 2 aliphatic rings. The van der Waals surface area contributed by atoms with Crippen molar-refractivity contribution >= 4 is 0 Å². The van der Waals surface area contributed by atoms with Gasteiger partial charge in [-0.2, -0.15) is 0 Å². The molecule has 0 amide bonds. The molecular weight excluding hydrogens is 212 g/mol. The molecular formula is C14H28N2O. The fraction of sp³-hybridized carbons (Fsp3) is 1.00. The first-order valence-corrected chi connectivity index (χ1v) is 7.19. The lowest BCUT2D eigenvalue weighted by Gasteiger charge is -2.49. The van der Waals surface area contributed by atoms with Gasteiger partial charge in [-0.15, -0.1) is 0 Å². The van der Waals surface area contributed by atoms with Crippen molar-refractivity contribution in [3.05, 3.63) is 0 Å². The lowest BCUT2D eigenvalue weighted by atomic mass is 9.81. The fourth-order valence-corrected chi connectivity index (χ4v) is 3.47. The first kappa shape index (κ1) is 13.3. The molecule has 1 heterocycles. The van der Waals surface area contributed by atoms with Crippen LogP contribution in [0.4, 0.5) is 0 Å². The van der Waals surface area contributed by atoms with Gasteiger partial charge in [0.2, 0.25) is 0 Å². The zero-order chi connectivity index (χ0) is 12.3. The highest BCUT2D eigenvalue weighted by Crippen LogP contribution is 2.34. The molecule has 0 unspecified atom stereocenters. The summed E-state index contributed by atoms with van der Waals surface area (Å²) in [5.41, 5.74) is 6.29. The first-order chi connectivity index (χ1) is 8.18. The Morgan fingerprint density at radius 1 is 1.18 bits per heavy atom. The van der Waals surface area contributed by atoms with E-state index in [9.17, 15) is 0 Å². The zero-order valence-electron chi connectivity index (χ0n) is 11.5. The average Bonchev–Trinajstić information content (AvgIpc) is 2.39. The van der Waals surface area contributed by atoms with Crippen molar-refractivity contribution in [3.8, 4) is 0 Å². The summed E-state index contributed by atoms with van der Waals surface area (Å²) in [6, 6.07) is 0.743. The van der Waals surface area contributed by atoms with E-state index in [-0.39, 0.29) is 5.54 Å². The summed E-state index contributed by atoms with van der Waals surface area (Å²) in [6.45, 7) is 4.91. The maximum Gasteiger partial charge on any atom is 0.0484 e. The summed E-state index contributed by atoms with van der Waals surface area (Å²) in [5.74, 6) is 0.920. The third-order valence-corrected chi connectivity index (χ3v) is 5.08. The standard InChI is InChI=1S/C14H28N2O/c1-12-3-5-13(6-4-12)16(2)14(11-15)7-9-17-10-8-14/h12-13H,3-11,15H2,1-2H3. The van der Waals surface area contributed by atoms with Gasteiger partial charge < -0.3 is 10.5 Å². The van der Waals surface area contributed by atoms with Crippen LogP contribution in [0, 0.1) is 5.92 Å². The molecule has 0 radical (unpaired) electrons. The van der Waals surface area contributed by atoms with Gasteiger partial charge in [0.25, 0.3) is 0 Å². The molecule has 1 aliphatic heterocycles. The lowest BCUT2D eigenvalue weighted by Crippen LogP contribution is -2.59. The molecule has 3 heteroatoms. The number of nitrogens with zero attached hydrogens (tertiary/aromatic N) is 1. The van der Waals surface area contributed by atoms with E-state index >= 15 is 0 Å². The quantitative estimate of drug-likeness (QED) is 0.820. The number of ether oxygens (including phenoxy) is 1. The molecule has 0 spiro atoms. The van der Waals surface area contributed by atoms with E-state index in [4.69, 9.17) is 10.5 Å². The highest BCUT2D eigenvalue weighted by Gasteiger charge is 2.39. The van der Waals surface area contributed by atoms with Crippen molar-refractivity contribution in [2.75, 3.05) is 26.8 Å². The molecule has 1 saturated carbocycles. The smallest absolute Gasteiger partial charge is 0.0484 e. The van der Waals surface area contributed by atoms with Crippen molar-refractivity contribution in [3.63, 3.8) is 0 Å². The third-order valence-electron chi connectivity index (χ3n) is 5.08. The first-order valence-electron chi connectivity index (χ1n) is 7.19. The molecule has 0 aromatic rings. The van der Waals surface area contributed by atoms with Gasteiger partial charge in [-0.25, -0.2) is 0 Å². The maximum atomic E-state index is 6.08. The zero-order valence-corrected chi connectivity index (χ0v) is 11.5. The normalized spacial score (nSPS) is 33.9. The highest BCUT2D eigenvalue weighted by atomic mass is 16.5. The van der Waals surface area contributed by atoms with Crippen molar-refractivity contribution in [1.82, 2.24) is 4.90 Å². The topological polar surface area (TPSA) is 38.5 Å². The SMILES string of the molecule is CC1CCC(N(C)C2(CN)CCOCC2)CC1. The number of hydrogen-bond donors (Lipinski definition) is 1. The van der Waals surface area contributed by atoms with Crippen LogP contribution < -0.4 is 5.73 Å². The molecule has 2 fully saturated rings. The predicted molar refractivity (Wildman–Crippen MR) is 71.0 cm³/mol.